The predicted molar refractivity (Wildman–Crippen MR) is 59.5 cm³/mol. The van der Waals surface area contributed by atoms with Crippen LogP contribution >= 0.6 is 23.2 Å². The number of carbonyl (C=O) groups is 1. The van der Waals surface area contributed by atoms with E-state index in [4.69, 9.17) is 28.7 Å². The molecule has 9 heteroatoms. The Morgan fingerprint density at radius 1 is 1.39 bits per heavy atom. The van der Waals surface area contributed by atoms with Crippen molar-refractivity contribution in [2.75, 3.05) is 0 Å². The molecule has 0 aliphatic rings. The lowest BCUT2D eigenvalue weighted by Crippen LogP contribution is -2.46. The van der Waals surface area contributed by atoms with Crippen molar-refractivity contribution in [2.45, 2.75) is 30.5 Å². The Kier molecular flexibility index (Phi) is 5.86. The molecule has 1 unspecified atom stereocenters. The Morgan fingerprint density at radius 3 is 2.22 bits per heavy atom. The van der Waals surface area contributed by atoms with Gasteiger partial charge in [0.15, 0.2) is 6.10 Å². The van der Waals surface area contributed by atoms with Crippen molar-refractivity contribution in [3.8, 4) is 0 Å². The zero-order valence-corrected chi connectivity index (χ0v) is 10.8. The maximum Gasteiger partial charge on any atom is 0.425 e. The molecule has 0 aliphatic heterocycles. The molecule has 0 spiro atoms. The molecule has 0 bridgehead atoms. The third kappa shape index (κ3) is 4.68. The zero-order valence-electron chi connectivity index (χ0n) is 9.33. The average molecular weight is 305 g/mol. The first-order valence-electron chi connectivity index (χ1n) is 4.50. The van der Waals surface area contributed by atoms with Gasteiger partial charge in [0.1, 0.15) is 0 Å². The second-order valence-corrected chi connectivity index (χ2v) is 4.85. The van der Waals surface area contributed by atoms with Crippen LogP contribution in [0.2, 0.25) is 0 Å². The van der Waals surface area contributed by atoms with Crippen LogP contribution in [-0.2, 0) is 9.53 Å². The second-order valence-electron chi connectivity index (χ2n) is 3.47. The van der Waals surface area contributed by atoms with Gasteiger partial charge in [0, 0.05) is 0 Å². The fraction of sp³-hybridized carbons (Fsp3) is 0.556. The van der Waals surface area contributed by atoms with Gasteiger partial charge in [0.05, 0.1) is 0 Å². The fourth-order valence-corrected chi connectivity index (χ4v) is 1.09. The van der Waals surface area contributed by atoms with Crippen molar-refractivity contribution < 1.29 is 27.5 Å². The van der Waals surface area contributed by atoms with Crippen LogP contribution in [0.25, 0.3) is 5.53 Å². The number of hydrogen-bond acceptors (Lipinski definition) is 2. The highest BCUT2D eigenvalue weighted by molar-refractivity contribution is 6.49. The first-order chi connectivity index (χ1) is 8.02. The number of hydrogen-bond donors (Lipinski definition) is 0. The van der Waals surface area contributed by atoms with E-state index in [1.165, 1.54) is 13.8 Å². The third-order valence-electron chi connectivity index (χ3n) is 1.63. The number of ether oxygens (including phenoxy) is 1. The SMILES string of the molecule is CC(C)=CC(OC(=O)C=[N+]=[N-])C(Cl)(Cl)C(F)(F)F. The van der Waals surface area contributed by atoms with Gasteiger partial charge in [-0.15, -0.1) is 0 Å². The molecule has 0 rings (SSSR count). The molecule has 102 valence electrons. The summed E-state index contributed by atoms with van der Waals surface area (Å²) in [6, 6.07) is 0. The highest BCUT2D eigenvalue weighted by atomic mass is 35.5. The summed E-state index contributed by atoms with van der Waals surface area (Å²) in [6.07, 6.45) is -5.75. The summed E-state index contributed by atoms with van der Waals surface area (Å²) >= 11 is 10.4. The minimum Gasteiger partial charge on any atom is -0.446 e. The number of nitrogens with zero attached hydrogens (tertiary/aromatic N) is 2. The van der Waals surface area contributed by atoms with Crippen LogP contribution in [0.4, 0.5) is 13.2 Å². The van der Waals surface area contributed by atoms with Gasteiger partial charge in [0.2, 0.25) is 0 Å². The molecule has 0 N–H and O–H groups in total. The monoisotopic (exact) mass is 304 g/mol. The van der Waals surface area contributed by atoms with Crippen LogP contribution in [0.3, 0.4) is 0 Å². The summed E-state index contributed by atoms with van der Waals surface area (Å²) in [6.45, 7) is 2.95. The van der Waals surface area contributed by atoms with E-state index in [1.807, 2.05) is 0 Å². The van der Waals surface area contributed by atoms with Gasteiger partial charge in [-0.05, 0) is 19.9 Å². The summed E-state index contributed by atoms with van der Waals surface area (Å²) in [5.74, 6) is -1.31. The molecule has 0 aliphatic carbocycles. The highest BCUT2D eigenvalue weighted by Crippen LogP contribution is 2.44. The van der Waals surface area contributed by atoms with E-state index in [9.17, 15) is 18.0 Å². The first-order valence-corrected chi connectivity index (χ1v) is 5.25. The molecule has 4 nitrogen and oxygen atoms in total. The van der Waals surface area contributed by atoms with Gasteiger partial charge in [-0.2, -0.15) is 18.0 Å². The molecule has 18 heavy (non-hydrogen) atoms. The van der Waals surface area contributed by atoms with Crippen LogP contribution in [-0.4, -0.2) is 33.6 Å². The van der Waals surface area contributed by atoms with Crippen LogP contribution in [0.1, 0.15) is 13.8 Å². The van der Waals surface area contributed by atoms with E-state index in [-0.39, 0.29) is 6.21 Å². The van der Waals surface area contributed by atoms with Crippen molar-refractivity contribution in [2.24, 2.45) is 0 Å². The maximum atomic E-state index is 12.6. The van der Waals surface area contributed by atoms with Crippen LogP contribution in [0.15, 0.2) is 11.6 Å². The number of carbonyl (C=O) groups excluding carboxylic acids is 1. The lowest BCUT2D eigenvalue weighted by atomic mass is 10.1. The Balaban J connectivity index is 5.31. The number of halogens is 5. The van der Waals surface area contributed by atoms with Gasteiger partial charge in [-0.3, -0.25) is 0 Å². The lowest BCUT2D eigenvalue weighted by molar-refractivity contribution is -0.170. The van der Waals surface area contributed by atoms with Crippen molar-refractivity contribution >= 4 is 35.4 Å². The average Bonchev–Trinajstić information content (AvgIpc) is 2.14. The van der Waals surface area contributed by atoms with Crippen LogP contribution < -0.4 is 0 Å². The van der Waals surface area contributed by atoms with E-state index in [2.05, 4.69) is 9.53 Å². The van der Waals surface area contributed by atoms with Gasteiger partial charge in [-0.1, -0.05) is 28.8 Å². The summed E-state index contributed by atoms with van der Waals surface area (Å²) < 4.78 is 38.9. The molecule has 1 atom stereocenters. The molecule has 0 fully saturated rings. The molecule has 0 saturated heterocycles. The molecular formula is C9H9Cl2F3N2O2. The molecular weight excluding hydrogens is 296 g/mol. The molecule has 0 radical (unpaired) electrons. The normalized spacial score (nSPS) is 13.3. The van der Waals surface area contributed by atoms with Gasteiger partial charge in [-0.25, -0.2) is 4.79 Å². The zero-order chi connectivity index (χ0) is 14.6. The topological polar surface area (TPSA) is 62.7 Å². The van der Waals surface area contributed by atoms with E-state index < -0.39 is 22.6 Å². The quantitative estimate of drug-likeness (QED) is 0.200. The second kappa shape index (κ2) is 6.22. The minimum absolute atomic E-state index is 0.284. The van der Waals surface area contributed by atoms with Gasteiger partial charge >= 0.3 is 18.4 Å². The standard InChI is InChI=1S/C9H9Cl2F3N2O2/c1-5(2)3-6(18-7(17)4-16-15)8(10,11)9(12,13)14/h3-4,6H,1-2H3. The highest BCUT2D eigenvalue weighted by Gasteiger charge is 2.59. The van der Waals surface area contributed by atoms with E-state index in [0.29, 0.717) is 5.57 Å². The molecule has 0 aromatic carbocycles. The van der Waals surface area contributed by atoms with Crippen molar-refractivity contribution in [3.63, 3.8) is 0 Å². The maximum absolute atomic E-state index is 12.6. The summed E-state index contributed by atoms with van der Waals surface area (Å²) in [5, 5.41) is 0. The van der Waals surface area contributed by atoms with Gasteiger partial charge in [0.25, 0.3) is 4.33 Å². The Bertz CT molecular complexity index is 397. The molecule has 0 heterocycles. The lowest BCUT2D eigenvalue weighted by Gasteiger charge is -2.28. The Morgan fingerprint density at radius 2 is 1.89 bits per heavy atom. The van der Waals surface area contributed by atoms with Crippen LogP contribution in [0.5, 0.6) is 0 Å². The number of allylic oxidation sites excluding steroid dienone is 1. The Hall–Kier alpha value is -1.04. The van der Waals surface area contributed by atoms with Crippen molar-refractivity contribution in [3.05, 3.63) is 17.2 Å². The van der Waals surface area contributed by atoms with E-state index in [1.54, 1.807) is 0 Å². The molecule has 0 saturated carbocycles. The number of alkyl halides is 5. The summed E-state index contributed by atoms with van der Waals surface area (Å²) in [7, 11) is 0. The van der Waals surface area contributed by atoms with Crippen molar-refractivity contribution in [1.29, 1.82) is 0 Å². The fourth-order valence-electron chi connectivity index (χ4n) is 0.879. The van der Waals surface area contributed by atoms with Crippen LogP contribution in [0, 0.1) is 0 Å². The third-order valence-corrected chi connectivity index (χ3v) is 2.48. The summed E-state index contributed by atoms with van der Waals surface area (Å²) in [4.78, 5) is 13.3. The van der Waals surface area contributed by atoms with E-state index >= 15 is 0 Å². The smallest absolute Gasteiger partial charge is 0.425 e. The number of esters is 1. The first kappa shape index (κ1) is 17.0. The Labute approximate surface area is 111 Å². The molecule has 0 aromatic rings. The number of rotatable bonds is 4. The predicted octanol–water partition coefficient (Wildman–Crippen LogP) is 2.90. The molecule has 0 aromatic heterocycles. The van der Waals surface area contributed by atoms with Crippen molar-refractivity contribution in [1.82, 2.24) is 0 Å². The van der Waals surface area contributed by atoms with E-state index in [0.717, 1.165) is 6.08 Å². The minimum atomic E-state index is -5.01. The molecule has 0 amide bonds. The largest absolute Gasteiger partial charge is 0.446 e. The van der Waals surface area contributed by atoms with Gasteiger partial charge < -0.3 is 10.3 Å². The summed E-state index contributed by atoms with van der Waals surface area (Å²) in [5.41, 5.74) is 8.47.